The molecule has 3 nitrogen and oxygen atoms in total. The molecule has 0 aromatic rings. The van der Waals surface area contributed by atoms with Crippen molar-refractivity contribution in [1.29, 1.82) is 0 Å². The van der Waals surface area contributed by atoms with Gasteiger partial charge < -0.3 is 9.53 Å². The summed E-state index contributed by atoms with van der Waals surface area (Å²) in [6.45, 7) is 4.04. The van der Waals surface area contributed by atoms with Crippen LogP contribution < -0.4 is 0 Å². The molecule has 1 unspecified atom stereocenters. The second-order valence-electron chi connectivity index (χ2n) is 2.66. The van der Waals surface area contributed by atoms with Crippen molar-refractivity contribution in [2.24, 2.45) is 0 Å². The summed E-state index contributed by atoms with van der Waals surface area (Å²) in [6.07, 6.45) is 3.80. The van der Waals surface area contributed by atoms with Crippen LogP contribution in [0.25, 0.3) is 0 Å². The molecule has 0 spiro atoms. The Bertz CT molecular complexity index is 154. The molecule has 0 aromatic heterocycles. The van der Waals surface area contributed by atoms with Crippen molar-refractivity contribution in [3.05, 3.63) is 12.2 Å². The second kappa shape index (κ2) is 7.06. The lowest BCUT2D eigenvalue weighted by Gasteiger charge is -2.02. The molecule has 0 heterocycles. The zero-order valence-corrected chi connectivity index (χ0v) is 8.77. The fourth-order valence-electron chi connectivity index (χ4n) is 0.736. The molecule has 1 N–H and O–H groups in total. The minimum atomic E-state index is -1.46. The summed E-state index contributed by atoms with van der Waals surface area (Å²) in [5, 5.41) is 0. The number of ether oxygens (including phenoxy) is 1. The van der Waals surface area contributed by atoms with Gasteiger partial charge in [-0.3, -0.25) is 0 Å². The van der Waals surface area contributed by atoms with E-state index in [1.807, 2.05) is 6.55 Å². The summed E-state index contributed by atoms with van der Waals surface area (Å²) in [5.41, 5.74) is 0. The SMILES string of the molecule is CC=CC(=O)OCCC[SiH](C)O. The van der Waals surface area contributed by atoms with Crippen LogP contribution in [-0.4, -0.2) is 26.4 Å². The van der Waals surface area contributed by atoms with Crippen LogP contribution in [0.15, 0.2) is 12.2 Å². The monoisotopic (exact) mass is 188 g/mol. The molecule has 1 atom stereocenters. The summed E-state index contributed by atoms with van der Waals surface area (Å²) in [6, 6.07) is 0.809. The van der Waals surface area contributed by atoms with Crippen LogP contribution >= 0.6 is 0 Å². The Hall–Kier alpha value is -0.613. The molecule has 0 aliphatic carbocycles. The molecule has 0 rings (SSSR count). The van der Waals surface area contributed by atoms with Crippen molar-refractivity contribution in [1.82, 2.24) is 0 Å². The van der Waals surface area contributed by atoms with Crippen LogP contribution in [0.3, 0.4) is 0 Å². The molecule has 0 radical (unpaired) electrons. The Morgan fingerprint density at radius 1 is 1.67 bits per heavy atom. The first-order valence-electron chi connectivity index (χ1n) is 4.14. The van der Waals surface area contributed by atoms with Crippen molar-refractivity contribution in [2.75, 3.05) is 6.61 Å². The van der Waals surface area contributed by atoms with Gasteiger partial charge in [0.1, 0.15) is 0 Å². The average molecular weight is 188 g/mol. The van der Waals surface area contributed by atoms with E-state index in [9.17, 15) is 4.79 Å². The smallest absolute Gasteiger partial charge is 0.330 e. The fourth-order valence-corrected chi connectivity index (χ4v) is 1.49. The van der Waals surface area contributed by atoms with Crippen LogP contribution in [0.2, 0.25) is 12.6 Å². The minimum absolute atomic E-state index is 0.301. The number of esters is 1. The summed E-state index contributed by atoms with van der Waals surface area (Å²) in [5.74, 6) is -0.301. The van der Waals surface area contributed by atoms with Crippen molar-refractivity contribution in [3.63, 3.8) is 0 Å². The average Bonchev–Trinajstić information content (AvgIpc) is 1.98. The van der Waals surface area contributed by atoms with Gasteiger partial charge in [-0.05, 0) is 25.9 Å². The quantitative estimate of drug-likeness (QED) is 0.301. The lowest BCUT2D eigenvalue weighted by atomic mass is 10.5. The Balaban J connectivity index is 3.25. The molecule has 12 heavy (non-hydrogen) atoms. The third kappa shape index (κ3) is 7.49. The first-order valence-corrected chi connectivity index (χ1v) is 6.63. The van der Waals surface area contributed by atoms with Gasteiger partial charge in [0.25, 0.3) is 0 Å². The number of carbonyl (C=O) groups is 1. The highest BCUT2D eigenvalue weighted by Gasteiger charge is 1.99. The summed E-state index contributed by atoms with van der Waals surface area (Å²) >= 11 is 0. The number of hydrogen-bond acceptors (Lipinski definition) is 3. The van der Waals surface area contributed by atoms with Gasteiger partial charge in [0, 0.05) is 6.08 Å². The Morgan fingerprint density at radius 2 is 2.33 bits per heavy atom. The second-order valence-corrected chi connectivity index (χ2v) is 4.93. The van der Waals surface area contributed by atoms with Crippen LogP contribution in [0.4, 0.5) is 0 Å². The molecule has 0 bridgehead atoms. The standard InChI is InChI=1S/C8H16O3Si/c1-3-5-8(9)11-6-4-7-12(2)10/h3,5,10,12H,4,6-7H2,1-2H3. The number of hydrogen-bond donors (Lipinski definition) is 1. The first-order chi connectivity index (χ1) is 5.66. The van der Waals surface area contributed by atoms with Crippen molar-refractivity contribution < 1.29 is 14.3 Å². The zero-order chi connectivity index (χ0) is 9.40. The molecule has 4 heteroatoms. The van der Waals surface area contributed by atoms with Crippen molar-refractivity contribution in [3.8, 4) is 0 Å². The normalized spacial score (nSPS) is 13.2. The number of carbonyl (C=O) groups excluding carboxylic acids is 1. The Labute approximate surface area is 74.8 Å². The number of rotatable bonds is 5. The van der Waals surface area contributed by atoms with E-state index in [1.54, 1.807) is 13.0 Å². The largest absolute Gasteiger partial charge is 0.463 e. The maximum atomic E-state index is 10.7. The first kappa shape index (κ1) is 11.4. The molecule has 70 valence electrons. The maximum absolute atomic E-state index is 10.7. The van der Waals surface area contributed by atoms with Gasteiger partial charge >= 0.3 is 5.97 Å². The van der Waals surface area contributed by atoms with Gasteiger partial charge in [-0.15, -0.1) is 0 Å². The molecule has 0 aliphatic heterocycles. The highest BCUT2D eigenvalue weighted by Crippen LogP contribution is 1.95. The predicted molar refractivity (Wildman–Crippen MR) is 50.4 cm³/mol. The summed E-state index contributed by atoms with van der Waals surface area (Å²) < 4.78 is 4.82. The van der Waals surface area contributed by atoms with E-state index in [2.05, 4.69) is 0 Å². The third-order valence-corrected chi connectivity index (χ3v) is 2.56. The van der Waals surface area contributed by atoms with Crippen LogP contribution in [0, 0.1) is 0 Å². The highest BCUT2D eigenvalue weighted by atomic mass is 28.3. The lowest BCUT2D eigenvalue weighted by molar-refractivity contribution is -0.137. The van der Waals surface area contributed by atoms with Gasteiger partial charge in [-0.1, -0.05) is 6.08 Å². The zero-order valence-electron chi connectivity index (χ0n) is 7.62. The molecule has 0 saturated carbocycles. The van der Waals surface area contributed by atoms with Gasteiger partial charge in [0.15, 0.2) is 9.04 Å². The van der Waals surface area contributed by atoms with Crippen LogP contribution in [0.1, 0.15) is 13.3 Å². The van der Waals surface area contributed by atoms with E-state index < -0.39 is 9.04 Å². The van der Waals surface area contributed by atoms with Gasteiger partial charge in [0.2, 0.25) is 0 Å². The van der Waals surface area contributed by atoms with E-state index in [1.165, 1.54) is 6.08 Å². The Kier molecular flexibility index (Phi) is 6.70. The van der Waals surface area contributed by atoms with Crippen molar-refractivity contribution >= 4 is 15.0 Å². The van der Waals surface area contributed by atoms with Gasteiger partial charge in [0.05, 0.1) is 6.61 Å². The highest BCUT2D eigenvalue weighted by molar-refractivity contribution is 6.48. The van der Waals surface area contributed by atoms with E-state index in [-0.39, 0.29) is 5.97 Å². The fraction of sp³-hybridized carbons (Fsp3) is 0.625. The topological polar surface area (TPSA) is 46.5 Å². The molecule has 0 fully saturated rings. The summed E-state index contributed by atoms with van der Waals surface area (Å²) in [4.78, 5) is 19.7. The molecule has 0 aromatic carbocycles. The minimum Gasteiger partial charge on any atom is -0.463 e. The Morgan fingerprint density at radius 3 is 2.83 bits per heavy atom. The van der Waals surface area contributed by atoms with E-state index in [0.29, 0.717) is 6.61 Å². The molecule has 0 saturated heterocycles. The predicted octanol–water partition coefficient (Wildman–Crippen LogP) is 0.842. The van der Waals surface area contributed by atoms with Gasteiger partial charge in [-0.2, -0.15) is 0 Å². The van der Waals surface area contributed by atoms with E-state index >= 15 is 0 Å². The third-order valence-electron chi connectivity index (χ3n) is 1.31. The van der Waals surface area contributed by atoms with E-state index in [0.717, 1.165) is 12.5 Å². The molecular weight excluding hydrogens is 172 g/mol. The molecular formula is C8H16O3Si. The van der Waals surface area contributed by atoms with E-state index in [4.69, 9.17) is 9.53 Å². The summed E-state index contributed by atoms with van der Waals surface area (Å²) in [7, 11) is -1.46. The van der Waals surface area contributed by atoms with Crippen molar-refractivity contribution in [2.45, 2.75) is 25.9 Å². The number of allylic oxidation sites excluding steroid dienone is 1. The van der Waals surface area contributed by atoms with Gasteiger partial charge in [-0.25, -0.2) is 4.79 Å². The lowest BCUT2D eigenvalue weighted by Crippen LogP contribution is -2.08. The van der Waals surface area contributed by atoms with Crippen LogP contribution in [-0.2, 0) is 9.53 Å². The molecule has 0 amide bonds. The molecule has 0 aliphatic rings. The van der Waals surface area contributed by atoms with Crippen LogP contribution in [0.5, 0.6) is 0 Å². The maximum Gasteiger partial charge on any atom is 0.330 e.